The molecule has 0 saturated heterocycles. The van der Waals surface area contributed by atoms with Crippen LogP contribution in [-0.4, -0.2) is 34.0 Å². The minimum absolute atomic E-state index is 0.00583. The second kappa shape index (κ2) is 7.82. The molecule has 152 valence electrons. The maximum Gasteiger partial charge on any atom is 0.202 e. The quantitative estimate of drug-likeness (QED) is 0.726. The first kappa shape index (κ1) is 22.3. The van der Waals surface area contributed by atoms with Crippen molar-refractivity contribution in [2.75, 3.05) is 0 Å². The molecule has 0 heterocycles. The molecule has 0 unspecified atom stereocenters. The van der Waals surface area contributed by atoms with Gasteiger partial charge in [-0.25, -0.2) is 8.42 Å². The smallest absolute Gasteiger partial charge is 0.202 e. The van der Waals surface area contributed by atoms with E-state index in [1.165, 1.54) is 0 Å². The van der Waals surface area contributed by atoms with Crippen LogP contribution < -0.4 is 0 Å². The Bertz CT molecular complexity index is 778. The van der Waals surface area contributed by atoms with Crippen molar-refractivity contribution in [1.29, 1.82) is 0 Å². The molecule has 0 fully saturated rings. The second-order valence-corrected chi connectivity index (χ2v) is 15.9. The van der Waals surface area contributed by atoms with Crippen LogP contribution in [0.4, 0.5) is 0 Å². The van der Waals surface area contributed by atoms with Crippen LogP contribution in [0.2, 0.25) is 18.1 Å². The van der Waals surface area contributed by atoms with Gasteiger partial charge in [0.15, 0.2) is 8.32 Å². The number of rotatable bonds is 4. The lowest BCUT2D eigenvalue weighted by atomic mass is 9.91. The first-order valence-corrected chi connectivity index (χ1v) is 14.0. The van der Waals surface area contributed by atoms with E-state index in [4.69, 9.17) is 4.43 Å². The number of aliphatic hydroxyl groups is 1. The molecule has 0 spiro atoms. The average Bonchev–Trinajstić information content (AvgIpc) is 2.67. The molecular weight excluding hydrogens is 376 g/mol. The molecule has 0 amide bonds. The summed E-state index contributed by atoms with van der Waals surface area (Å²) in [6.45, 7) is 14.7. The third-order valence-corrected chi connectivity index (χ3v) is 12.8. The van der Waals surface area contributed by atoms with Gasteiger partial charge in [-0.3, -0.25) is 0 Å². The molecular formula is C21H34O4SSi. The SMILES string of the molecule is C[C@@H]1[C@H](O[Si](C)(C)C(C)(C)C)[C@H](C)C(S(=O)(=O)c2ccccc2)=CC[C@@H]1O. The average molecular weight is 411 g/mol. The van der Waals surface area contributed by atoms with Crippen molar-refractivity contribution >= 4 is 18.2 Å². The highest BCUT2D eigenvalue weighted by atomic mass is 32.2. The van der Waals surface area contributed by atoms with Crippen LogP contribution in [-0.2, 0) is 14.3 Å². The molecule has 1 N–H and O–H groups in total. The van der Waals surface area contributed by atoms with E-state index < -0.39 is 24.3 Å². The van der Waals surface area contributed by atoms with Crippen LogP contribution in [0.5, 0.6) is 0 Å². The van der Waals surface area contributed by atoms with Gasteiger partial charge < -0.3 is 9.53 Å². The van der Waals surface area contributed by atoms with Gasteiger partial charge in [-0.15, -0.1) is 0 Å². The van der Waals surface area contributed by atoms with Crippen molar-refractivity contribution in [2.24, 2.45) is 11.8 Å². The first-order valence-electron chi connectivity index (χ1n) is 9.65. The highest BCUT2D eigenvalue weighted by Crippen LogP contribution is 2.42. The Hall–Kier alpha value is -0.953. The van der Waals surface area contributed by atoms with Gasteiger partial charge in [0.1, 0.15) is 0 Å². The van der Waals surface area contributed by atoms with Crippen molar-refractivity contribution in [1.82, 2.24) is 0 Å². The Balaban J connectivity index is 2.47. The lowest BCUT2D eigenvalue weighted by Crippen LogP contribution is -2.49. The number of hydrogen-bond donors (Lipinski definition) is 1. The fraction of sp³-hybridized carbons (Fsp3) is 0.619. The minimum atomic E-state index is -3.62. The third-order valence-electron chi connectivity index (χ3n) is 6.23. The summed E-state index contributed by atoms with van der Waals surface area (Å²) in [5.41, 5.74) is 0. The normalized spacial score (nSPS) is 27.8. The Morgan fingerprint density at radius 3 is 2.19 bits per heavy atom. The molecule has 2 rings (SSSR count). The standard InChI is InChI=1S/C21H34O4SSi/c1-15-18(22)13-14-19(26(23,24)17-11-9-8-10-12-17)16(2)20(15)25-27(6,7)21(3,4)5/h8-12,14-16,18,20,22H,13H2,1-7H3/t15-,16+,18-,20-/m0/s1. The fourth-order valence-electron chi connectivity index (χ4n) is 3.29. The van der Waals surface area contributed by atoms with Gasteiger partial charge in [0, 0.05) is 11.8 Å². The van der Waals surface area contributed by atoms with Gasteiger partial charge in [-0.1, -0.05) is 58.9 Å². The Morgan fingerprint density at radius 2 is 1.67 bits per heavy atom. The van der Waals surface area contributed by atoms with Crippen molar-refractivity contribution in [3.05, 3.63) is 41.3 Å². The van der Waals surface area contributed by atoms with Crippen LogP contribution in [0.15, 0.2) is 46.2 Å². The Morgan fingerprint density at radius 1 is 1.11 bits per heavy atom. The molecule has 27 heavy (non-hydrogen) atoms. The lowest BCUT2D eigenvalue weighted by Gasteiger charge is -2.43. The van der Waals surface area contributed by atoms with Crippen LogP contribution in [0.25, 0.3) is 0 Å². The number of aliphatic hydroxyl groups excluding tert-OH is 1. The summed E-state index contributed by atoms with van der Waals surface area (Å²) in [5.74, 6) is -0.467. The zero-order valence-electron chi connectivity index (χ0n) is 17.6. The molecule has 0 aliphatic heterocycles. The molecule has 4 atom stereocenters. The maximum absolute atomic E-state index is 13.3. The zero-order valence-corrected chi connectivity index (χ0v) is 19.4. The molecule has 1 aromatic rings. The molecule has 1 aliphatic carbocycles. The molecule has 1 aromatic carbocycles. The van der Waals surface area contributed by atoms with Gasteiger partial charge >= 0.3 is 0 Å². The fourth-order valence-corrected chi connectivity index (χ4v) is 6.47. The van der Waals surface area contributed by atoms with Crippen molar-refractivity contribution < 1.29 is 18.0 Å². The second-order valence-electron chi connectivity index (χ2n) is 9.22. The largest absolute Gasteiger partial charge is 0.413 e. The van der Waals surface area contributed by atoms with E-state index in [-0.39, 0.29) is 23.0 Å². The van der Waals surface area contributed by atoms with Gasteiger partial charge in [0.05, 0.1) is 22.0 Å². The Labute approximate surface area is 165 Å². The highest BCUT2D eigenvalue weighted by Gasteiger charge is 2.45. The predicted octanol–water partition coefficient (Wildman–Crippen LogP) is 4.77. The number of hydrogen-bond acceptors (Lipinski definition) is 4. The van der Waals surface area contributed by atoms with Crippen LogP contribution in [0, 0.1) is 11.8 Å². The zero-order chi connectivity index (χ0) is 20.6. The van der Waals surface area contributed by atoms with E-state index >= 15 is 0 Å². The summed E-state index contributed by atoms with van der Waals surface area (Å²) in [6, 6.07) is 8.51. The third kappa shape index (κ3) is 4.55. The molecule has 0 aromatic heterocycles. The van der Waals surface area contributed by atoms with Crippen LogP contribution in [0.3, 0.4) is 0 Å². The first-order chi connectivity index (χ1) is 12.3. The molecule has 1 aliphatic rings. The van der Waals surface area contributed by atoms with E-state index in [0.29, 0.717) is 16.2 Å². The molecule has 0 radical (unpaired) electrons. The number of benzene rings is 1. The summed E-state index contributed by atoms with van der Waals surface area (Å²) in [7, 11) is -5.75. The van der Waals surface area contributed by atoms with Crippen LogP contribution in [0.1, 0.15) is 41.0 Å². The number of sulfone groups is 1. The van der Waals surface area contributed by atoms with Crippen molar-refractivity contribution in [2.45, 2.75) is 76.3 Å². The summed E-state index contributed by atoms with van der Waals surface area (Å²) >= 11 is 0. The molecule has 4 nitrogen and oxygen atoms in total. The molecule has 6 heteroatoms. The summed E-state index contributed by atoms with van der Waals surface area (Å²) in [6.07, 6.45) is 1.06. The van der Waals surface area contributed by atoms with E-state index in [2.05, 4.69) is 33.9 Å². The maximum atomic E-state index is 13.3. The van der Waals surface area contributed by atoms with E-state index in [0.717, 1.165) is 0 Å². The van der Waals surface area contributed by atoms with Gasteiger partial charge in [-0.2, -0.15) is 0 Å². The van der Waals surface area contributed by atoms with Gasteiger partial charge in [0.25, 0.3) is 0 Å². The minimum Gasteiger partial charge on any atom is -0.413 e. The monoisotopic (exact) mass is 410 g/mol. The lowest BCUT2D eigenvalue weighted by molar-refractivity contribution is 0.0166. The highest BCUT2D eigenvalue weighted by molar-refractivity contribution is 7.95. The summed E-state index contributed by atoms with van der Waals surface area (Å²) in [5, 5.41) is 10.6. The van der Waals surface area contributed by atoms with E-state index in [9.17, 15) is 13.5 Å². The van der Waals surface area contributed by atoms with Crippen molar-refractivity contribution in [3.63, 3.8) is 0 Å². The van der Waals surface area contributed by atoms with Crippen molar-refractivity contribution in [3.8, 4) is 0 Å². The van der Waals surface area contributed by atoms with E-state index in [1.54, 1.807) is 36.4 Å². The van der Waals surface area contributed by atoms with E-state index in [1.807, 2.05) is 13.8 Å². The topological polar surface area (TPSA) is 63.6 Å². The van der Waals surface area contributed by atoms with Gasteiger partial charge in [-0.05, 0) is 36.7 Å². The Kier molecular flexibility index (Phi) is 6.47. The molecule has 0 saturated carbocycles. The van der Waals surface area contributed by atoms with Gasteiger partial charge in [0.2, 0.25) is 9.84 Å². The summed E-state index contributed by atoms with van der Waals surface area (Å²) in [4.78, 5) is 0.652. The predicted molar refractivity (Wildman–Crippen MR) is 113 cm³/mol. The van der Waals surface area contributed by atoms with Crippen LogP contribution >= 0.6 is 0 Å². The molecule has 0 bridgehead atoms. The summed E-state index contributed by atoms with van der Waals surface area (Å²) < 4.78 is 33.2.